The van der Waals surface area contributed by atoms with Crippen LogP contribution in [0.25, 0.3) is 22.4 Å². The zero-order chi connectivity index (χ0) is 23.8. The average molecular weight is 481 g/mol. The lowest BCUT2D eigenvalue weighted by molar-refractivity contribution is -0.121. The number of imidazole rings is 1. The second kappa shape index (κ2) is 9.08. The molecule has 1 unspecified atom stereocenters. The van der Waals surface area contributed by atoms with Crippen molar-refractivity contribution in [2.45, 2.75) is 19.4 Å². The lowest BCUT2D eigenvalue weighted by Gasteiger charge is -2.30. The molecular weight excluding hydrogens is 456 g/mol. The number of nitrogens with one attached hydrogen (secondary N) is 1. The summed E-state index contributed by atoms with van der Waals surface area (Å²) in [7, 11) is 3.46. The Balaban J connectivity index is 1.24. The number of carbonyl (C=O) groups excluding carboxylic acids is 1. The van der Waals surface area contributed by atoms with Crippen molar-refractivity contribution in [3.05, 3.63) is 63.9 Å². The number of halogens is 1. The van der Waals surface area contributed by atoms with Gasteiger partial charge in [0.25, 0.3) is 0 Å². The van der Waals surface area contributed by atoms with Crippen LogP contribution in [0.5, 0.6) is 0 Å². The highest BCUT2D eigenvalue weighted by Gasteiger charge is 2.27. The number of nitrogens with zero attached hydrogens (tertiary/aromatic N) is 5. The van der Waals surface area contributed by atoms with Crippen molar-refractivity contribution in [3.63, 3.8) is 0 Å². The molecular formula is C24H25ClN6O3. The fourth-order valence-corrected chi connectivity index (χ4v) is 4.69. The van der Waals surface area contributed by atoms with Crippen LogP contribution in [0.3, 0.4) is 0 Å². The molecule has 0 saturated carbocycles. The van der Waals surface area contributed by atoms with Crippen molar-refractivity contribution >= 4 is 34.2 Å². The first-order valence-electron chi connectivity index (χ1n) is 11.2. The van der Waals surface area contributed by atoms with Gasteiger partial charge in [0.1, 0.15) is 0 Å². The minimum atomic E-state index is -0.153. The van der Waals surface area contributed by atoms with E-state index in [0.717, 1.165) is 36.0 Å². The van der Waals surface area contributed by atoms with Gasteiger partial charge in [0, 0.05) is 36.9 Å². The first kappa shape index (κ1) is 22.4. The summed E-state index contributed by atoms with van der Waals surface area (Å²) < 4.78 is 8.61. The predicted octanol–water partition coefficient (Wildman–Crippen LogP) is 3.43. The van der Waals surface area contributed by atoms with Crippen LogP contribution in [-0.4, -0.2) is 43.2 Å². The first-order valence-corrected chi connectivity index (χ1v) is 11.5. The predicted molar refractivity (Wildman–Crippen MR) is 130 cm³/mol. The maximum absolute atomic E-state index is 13.0. The number of anilines is 1. The normalized spacial score (nSPS) is 16.7. The molecule has 2 aromatic carbocycles. The molecule has 2 aromatic heterocycles. The number of likely N-dealkylation sites (tertiary alicyclic amines) is 1. The molecule has 4 aromatic rings. The van der Waals surface area contributed by atoms with Gasteiger partial charge in [-0.3, -0.25) is 18.8 Å². The number of benzene rings is 2. The Bertz CT molecular complexity index is 1420. The van der Waals surface area contributed by atoms with Gasteiger partial charge in [-0.15, -0.1) is 0 Å². The number of hydrogen-bond donors (Lipinski definition) is 1. The molecule has 3 heterocycles. The molecule has 1 saturated heterocycles. The molecule has 1 atom stereocenters. The quantitative estimate of drug-likeness (QED) is 0.470. The molecule has 34 heavy (non-hydrogen) atoms. The Hall–Kier alpha value is -3.43. The molecule has 0 radical (unpaired) electrons. The van der Waals surface area contributed by atoms with E-state index in [2.05, 4.69) is 20.4 Å². The number of amides is 1. The summed E-state index contributed by atoms with van der Waals surface area (Å²) in [5, 5.41) is 7.70. The first-order chi connectivity index (χ1) is 16.4. The summed E-state index contributed by atoms with van der Waals surface area (Å²) in [6.45, 7) is 1.94. The Labute approximate surface area is 200 Å². The van der Waals surface area contributed by atoms with E-state index in [1.54, 1.807) is 35.4 Å². The fourth-order valence-electron chi connectivity index (χ4n) is 4.50. The molecule has 0 spiro atoms. The van der Waals surface area contributed by atoms with E-state index in [-0.39, 0.29) is 17.5 Å². The summed E-state index contributed by atoms with van der Waals surface area (Å²) in [5.74, 6) is 0.815. The number of aromatic nitrogens is 4. The third-order valence-corrected chi connectivity index (χ3v) is 6.56. The summed E-state index contributed by atoms with van der Waals surface area (Å²) in [4.78, 5) is 31.8. The number of hydrogen-bond acceptors (Lipinski definition) is 6. The van der Waals surface area contributed by atoms with Crippen molar-refractivity contribution in [2.75, 3.05) is 18.4 Å². The van der Waals surface area contributed by atoms with Crippen LogP contribution in [0, 0.1) is 5.92 Å². The highest BCUT2D eigenvalue weighted by Crippen LogP contribution is 2.24. The zero-order valence-electron chi connectivity index (χ0n) is 19.0. The molecule has 1 aliphatic heterocycles. The molecule has 0 aliphatic carbocycles. The van der Waals surface area contributed by atoms with Crippen molar-refractivity contribution < 1.29 is 9.32 Å². The number of fused-ring (bicyclic) bond motifs is 1. The van der Waals surface area contributed by atoms with Crippen LogP contribution < -0.4 is 11.0 Å². The molecule has 9 nitrogen and oxygen atoms in total. The maximum Gasteiger partial charge on any atom is 0.328 e. The van der Waals surface area contributed by atoms with Crippen molar-refractivity contribution in [1.29, 1.82) is 0 Å². The minimum Gasteiger partial charge on any atom is -0.338 e. The second-order valence-electron chi connectivity index (χ2n) is 8.69. The van der Waals surface area contributed by atoms with Crippen LogP contribution in [0.1, 0.15) is 18.7 Å². The van der Waals surface area contributed by atoms with E-state index >= 15 is 0 Å². The van der Waals surface area contributed by atoms with Gasteiger partial charge in [-0.25, -0.2) is 4.79 Å². The molecule has 1 N–H and O–H groups in total. The third kappa shape index (κ3) is 4.36. The third-order valence-electron chi connectivity index (χ3n) is 6.33. The Morgan fingerprint density at radius 3 is 2.82 bits per heavy atom. The summed E-state index contributed by atoms with van der Waals surface area (Å²) in [6, 6.07) is 12.8. The second-order valence-corrected chi connectivity index (χ2v) is 9.13. The van der Waals surface area contributed by atoms with Crippen LogP contribution >= 0.6 is 11.6 Å². The molecule has 0 bridgehead atoms. The van der Waals surface area contributed by atoms with Gasteiger partial charge in [0.2, 0.25) is 17.6 Å². The van der Waals surface area contributed by atoms with Crippen molar-refractivity contribution in [1.82, 2.24) is 24.2 Å². The molecule has 10 heteroatoms. The lowest BCUT2D eigenvalue weighted by Crippen LogP contribution is -2.40. The van der Waals surface area contributed by atoms with Gasteiger partial charge < -0.3 is 9.84 Å². The van der Waals surface area contributed by atoms with E-state index in [1.165, 1.54) is 0 Å². The fraction of sp³-hybridized carbons (Fsp3) is 0.333. The largest absolute Gasteiger partial charge is 0.338 e. The zero-order valence-corrected chi connectivity index (χ0v) is 19.7. The Morgan fingerprint density at radius 1 is 1.18 bits per heavy atom. The van der Waals surface area contributed by atoms with E-state index < -0.39 is 0 Å². The minimum absolute atomic E-state index is 0.0323. The summed E-state index contributed by atoms with van der Waals surface area (Å²) in [5.41, 5.74) is 2.99. The van der Waals surface area contributed by atoms with Gasteiger partial charge in [-0.05, 0) is 49.7 Å². The lowest BCUT2D eigenvalue weighted by atomic mass is 9.97. The summed E-state index contributed by atoms with van der Waals surface area (Å²) >= 11 is 6.06. The monoisotopic (exact) mass is 480 g/mol. The van der Waals surface area contributed by atoms with E-state index in [1.807, 2.05) is 30.3 Å². The molecule has 1 fully saturated rings. The van der Waals surface area contributed by atoms with Gasteiger partial charge in [0.05, 0.1) is 23.5 Å². The van der Waals surface area contributed by atoms with Gasteiger partial charge >= 0.3 is 5.69 Å². The van der Waals surface area contributed by atoms with Gasteiger partial charge in [-0.1, -0.05) is 28.9 Å². The Kier molecular flexibility index (Phi) is 5.97. The Morgan fingerprint density at radius 2 is 2.00 bits per heavy atom. The maximum atomic E-state index is 13.0. The highest BCUT2D eigenvalue weighted by atomic mass is 35.5. The number of piperidine rings is 1. The van der Waals surface area contributed by atoms with E-state index in [9.17, 15) is 9.59 Å². The highest BCUT2D eigenvalue weighted by molar-refractivity contribution is 6.30. The molecule has 1 amide bonds. The molecule has 5 rings (SSSR count). The average Bonchev–Trinajstić information content (AvgIpc) is 3.38. The topological polar surface area (TPSA) is 98.2 Å². The number of carbonyl (C=O) groups is 1. The smallest absolute Gasteiger partial charge is 0.328 e. The van der Waals surface area contributed by atoms with Crippen molar-refractivity contribution in [2.24, 2.45) is 20.0 Å². The SMILES string of the molecule is Cn1c(=O)n(C)c2cc(NC(=O)C3CCCN(Cc4nc(-c5cccc(Cl)c5)no4)C3)ccc21. The van der Waals surface area contributed by atoms with Gasteiger partial charge in [0.15, 0.2) is 0 Å². The summed E-state index contributed by atoms with van der Waals surface area (Å²) in [6.07, 6.45) is 1.71. The molecule has 176 valence electrons. The van der Waals surface area contributed by atoms with E-state index in [0.29, 0.717) is 35.5 Å². The van der Waals surface area contributed by atoms with Crippen molar-refractivity contribution in [3.8, 4) is 11.4 Å². The number of rotatable bonds is 5. The van der Waals surface area contributed by atoms with Gasteiger partial charge in [-0.2, -0.15) is 4.98 Å². The van der Waals surface area contributed by atoms with E-state index in [4.69, 9.17) is 16.1 Å². The standard InChI is InChI=1S/C24H25ClN6O3/c1-29-19-9-8-18(12-20(19)30(2)24(29)33)26-23(32)16-6-4-10-31(13-16)14-21-27-22(28-34-21)15-5-3-7-17(25)11-15/h3,5,7-9,11-12,16H,4,6,10,13-14H2,1-2H3,(H,26,32). The van der Waals surface area contributed by atoms with Crippen LogP contribution in [-0.2, 0) is 25.4 Å². The van der Waals surface area contributed by atoms with Crippen LogP contribution in [0.15, 0.2) is 51.8 Å². The molecule has 1 aliphatic rings. The number of aryl methyl sites for hydroxylation is 2. The van der Waals surface area contributed by atoms with Crippen LogP contribution in [0.4, 0.5) is 5.69 Å². The van der Waals surface area contributed by atoms with Crippen LogP contribution in [0.2, 0.25) is 5.02 Å².